The van der Waals surface area contributed by atoms with Gasteiger partial charge in [-0.25, -0.2) is 0 Å². The molecular weight excluding hydrogens is 312 g/mol. The van der Waals surface area contributed by atoms with Crippen molar-refractivity contribution in [2.75, 3.05) is 19.7 Å². The molecule has 0 atom stereocenters. The van der Waals surface area contributed by atoms with Crippen molar-refractivity contribution in [3.8, 4) is 5.75 Å². The largest absolute Gasteiger partial charge is 0.487 e. The van der Waals surface area contributed by atoms with Gasteiger partial charge in [0.2, 0.25) is 0 Å². The van der Waals surface area contributed by atoms with Gasteiger partial charge in [0, 0.05) is 10.5 Å². The van der Waals surface area contributed by atoms with Crippen LogP contribution in [0.2, 0.25) is 0 Å². The number of nitrogens with one attached hydrogen (secondary N) is 1. The van der Waals surface area contributed by atoms with Crippen molar-refractivity contribution in [3.05, 3.63) is 32.3 Å². The summed E-state index contributed by atoms with van der Waals surface area (Å²) >= 11 is 3.26. The molecule has 1 rings (SSSR count). The monoisotopic (exact) mass is 330 g/mol. The van der Waals surface area contributed by atoms with Crippen molar-refractivity contribution in [2.45, 2.75) is 26.7 Å². The molecule has 0 aliphatic rings. The number of hydrogen-bond donors (Lipinski definition) is 1. The van der Waals surface area contributed by atoms with Gasteiger partial charge in [0.1, 0.15) is 0 Å². The first-order valence-corrected chi connectivity index (χ1v) is 7.13. The van der Waals surface area contributed by atoms with E-state index in [4.69, 9.17) is 4.74 Å². The maximum Gasteiger partial charge on any atom is 0.312 e. The second-order valence-corrected chi connectivity index (χ2v) is 5.20. The molecule has 0 radical (unpaired) electrons. The minimum atomic E-state index is -0.414. The lowest BCUT2D eigenvalue weighted by Crippen LogP contribution is -2.18. The molecule has 0 fully saturated rings. The highest BCUT2D eigenvalue weighted by Gasteiger charge is 2.18. The zero-order valence-corrected chi connectivity index (χ0v) is 12.8. The summed E-state index contributed by atoms with van der Waals surface area (Å²) in [6.45, 7) is 6.23. The van der Waals surface area contributed by atoms with Crippen molar-refractivity contribution in [1.29, 1.82) is 0 Å². The molecule has 0 amide bonds. The van der Waals surface area contributed by atoms with Crippen LogP contribution >= 0.6 is 15.9 Å². The molecule has 0 aromatic heterocycles. The van der Waals surface area contributed by atoms with E-state index in [-0.39, 0.29) is 5.69 Å². The summed E-state index contributed by atoms with van der Waals surface area (Å²) in [6, 6.07) is 3.29. The second-order valence-electron chi connectivity index (χ2n) is 4.28. The summed E-state index contributed by atoms with van der Waals surface area (Å²) in [5.41, 5.74) is 0.774. The standard InChI is InChI=1S/C13H19BrN2O3/c1-3-5-15-6-4-7-19-13-10(2)8-11(14)9-12(13)16(17)18/h8-9,15H,3-7H2,1-2H3. The average Bonchev–Trinajstić information content (AvgIpc) is 2.34. The Balaban J connectivity index is 2.59. The van der Waals surface area contributed by atoms with Crippen LogP contribution in [0.3, 0.4) is 0 Å². The summed E-state index contributed by atoms with van der Waals surface area (Å²) in [5.74, 6) is 0.365. The summed E-state index contributed by atoms with van der Waals surface area (Å²) in [6.07, 6.45) is 1.92. The van der Waals surface area contributed by atoms with Crippen molar-refractivity contribution in [2.24, 2.45) is 0 Å². The predicted octanol–water partition coefficient (Wildman–Crippen LogP) is 3.43. The Hall–Kier alpha value is -1.14. The topological polar surface area (TPSA) is 64.4 Å². The third kappa shape index (κ3) is 5.16. The molecule has 5 nitrogen and oxygen atoms in total. The van der Waals surface area contributed by atoms with Crippen LogP contribution in [-0.4, -0.2) is 24.6 Å². The third-order valence-electron chi connectivity index (χ3n) is 2.59. The minimum absolute atomic E-state index is 0.00777. The summed E-state index contributed by atoms with van der Waals surface area (Å²) < 4.78 is 6.25. The molecule has 0 heterocycles. The van der Waals surface area contributed by atoms with Crippen LogP contribution in [0.5, 0.6) is 5.75 Å². The van der Waals surface area contributed by atoms with E-state index in [1.54, 1.807) is 0 Å². The van der Waals surface area contributed by atoms with Gasteiger partial charge < -0.3 is 10.1 Å². The van der Waals surface area contributed by atoms with E-state index < -0.39 is 4.92 Å². The van der Waals surface area contributed by atoms with E-state index in [1.165, 1.54) is 6.07 Å². The fraction of sp³-hybridized carbons (Fsp3) is 0.538. The van der Waals surface area contributed by atoms with Gasteiger partial charge in [0.15, 0.2) is 5.75 Å². The average molecular weight is 331 g/mol. The van der Waals surface area contributed by atoms with Crippen LogP contribution in [0, 0.1) is 17.0 Å². The number of halogens is 1. The SMILES string of the molecule is CCCNCCCOc1c(C)cc(Br)cc1[N+](=O)[O-]. The minimum Gasteiger partial charge on any atom is -0.487 e. The van der Waals surface area contributed by atoms with Crippen LogP contribution in [0.1, 0.15) is 25.3 Å². The molecule has 0 saturated carbocycles. The van der Waals surface area contributed by atoms with E-state index >= 15 is 0 Å². The smallest absolute Gasteiger partial charge is 0.312 e. The Labute approximate surface area is 121 Å². The molecule has 1 N–H and O–H groups in total. The molecule has 0 saturated heterocycles. The van der Waals surface area contributed by atoms with Crippen molar-refractivity contribution < 1.29 is 9.66 Å². The molecular formula is C13H19BrN2O3. The molecule has 0 bridgehead atoms. The molecule has 0 aliphatic heterocycles. The number of nitro benzene ring substituents is 1. The van der Waals surface area contributed by atoms with Crippen LogP contribution < -0.4 is 10.1 Å². The lowest BCUT2D eigenvalue weighted by Gasteiger charge is -2.10. The molecule has 0 aliphatic carbocycles. The lowest BCUT2D eigenvalue weighted by atomic mass is 10.2. The zero-order valence-electron chi connectivity index (χ0n) is 11.2. The van der Waals surface area contributed by atoms with Gasteiger partial charge >= 0.3 is 5.69 Å². The number of hydrogen-bond acceptors (Lipinski definition) is 4. The lowest BCUT2D eigenvalue weighted by molar-refractivity contribution is -0.386. The van der Waals surface area contributed by atoms with Crippen molar-refractivity contribution >= 4 is 21.6 Å². The fourth-order valence-electron chi connectivity index (χ4n) is 1.71. The Bertz CT molecular complexity index is 438. The molecule has 19 heavy (non-hydrogen) atoms. The quantitative estimate of drug-likeness (QED) is 0.450. The first kappa shape index (κ1) is 15.9. The van der Waals surface area contributed by atoms with E-state index in [1.807, 2.05) is 13.0 Å². The van der Waals surface area contributed by atoms with Crippen LogP contribution in [0.4, 0.5) is 5.69 Å². The molecule has 6 heteroatoms. The van der Waals surface area contributed by atoms with Gasteiger partial charge in [0.25, 0.3) is 0 Å². The van der Waals surface area contributed by atoms with Gasteiger partial charge in [0.05, 0.1) is 11.5 Å². The summed E-state index contributed by atoms with van der Waals surface area (Å²) in [5, 5.41) is 14.3. The van der Waals surface area contributed by atoms with Crippen LogP contribution in [0.25, 0.3) is 0 Å². The number of ether oxygens (including phenoxy) is 1. The molecule has 106 valence electrons. The van der Waals surface area contributed by atoms with E-state index in [0.29, 0.717) is 16.8 Å². The van der Waals surface area contributed by atoms with Gasteiger partial charge in [-0.1, -0.05) is 22.9 Å². The third-order valence-corrected chi connectivity index (χ3v) is 3.05. The number of rotatable bonds is 8. The molecule has 1 aromatic carbocycles. The van der Waals surface area contributed by atoms with E-state index in [2.05, 4.69) is 28.2 Å². The maximum absolute atomic E-state index is 11.0. The number of nitro groups is 1. The number of benzene rings is 1. The van der Waals surface area contributed by atoms with Crippen molar-refractivity contribution in [3.63, 3.8) is 0 Å². The second kappa shape index (κ2) is 8.12. The van der Waals surface area contributed by atoms with Gasteiger partial charge in [-0.2, -0.15) is 0 Å². The van der Waals surface area contributed by atoms with Gasteiger partial charge in [-0.15, -0.1) is 0 Å². The highest BCUT2D eigenvalue weighted by molar-refractivity contribution is 9.10. The Morgan fingerprint density at radius 3 is 2.79 bits per heavy atom. The summed E-state index contributed by atoms with van der Waals surface area (Å²) in [7, 11) is 0. The van der Waals surface area contributed by atoms with Gasteiger partial charge in [-0.3, -0.25) is 10.1 Å². The van der Waals surface area contributed by atoms with Crippen LogP contribution in [0.15, 0.2) is 16.6 Å². The highest BCUT2D eigenvalue weighted by atomic mass is 79.9. The van der Waals surface area contributed by atoms with E-state index in [0.717, 1.165) is 31.5 Å². The Morgan fingerprint density at radius 2 is 2.16 bits per heavy atom. The van der Waals surface area contributed by atoms with E-state index in [9.17, 15) is 10.1 Å². The Morgan fingerprint density at radius 1 is 1.42 bits per heavy atom. The molecule has 0 spiro atoms. The number of aryl methyl sites for hydroxylation is 1. The highest BCUT2D eigenvalue weighted by Crippen LogP contribution is 2.34. The van der Waals surface area contributed by atoms with Gasteiger partial charge in [-0.05, 0) is 44.5 Å². The normalized spacial score (nSPS) is 10.5. The first-order valence-electron chi connectivity index (χ1n) is 6.34. The maximum atomic E-state index is 11.0. The first-order chi connectivity index (χ1) is 9.06. The van der Waals surface area contributed by atoms with Crippen LogP contribution in [-0.2, 0) is 0 Å². The number of nitrogens with zero attached hydrogens (tertiary/aromatic N) is 1. The molecule has 1 aromatic rings. The van der Waals surface area contributed by atoms with Crippen molar-refractivity contribution in [1.82, 2.24) is 5.32 Å². The predicted molar refractivity (Wildman–Crippen MR) is 78.8 cm³/mol. The summed E-state index contributed by atoms with van der Waals surface area (Å²) in [4.78, 5) is 10.6. The fourth-order valence-corrected chi connectivity index (χ4v) is 2.27. The zero-order chi connectivity index (χ0) is 14.3. The molecule has 0 unspecified atom stereocenters. The Kier molecular flexibility index (Phi) is 6.80.